The lowest BCUT2D eigenvalue weighted by atomic mass is 9.83. The van der Waals surface area contributed by atoms with Gasteiger partial charge in [-0.15, -0.1) is 0 Å². The van der Waals surface area contributed by atoms with E-state index in [1.807, 2.05) is 0 Å². The summed E-state index contributed by atoms with van der Waals surface area (Å²) >= 11 is 0. The number of primary amides is 1. The highest BCUT2D eigenvalue weighted by Crippen LogP contribution is 2.32. The number of aromatic nitrogens is 1. The van der Waals surface area contributed by atoms with E-state index in [1.165, 1.54) is 6.20 Å². The van der Waals surface area contributed by atoms with Crippen molar-refractivity contribution >= 4 is 17.4 Å². The Morgan fingerprint density at radius 3 is 2.56 bits per heavy atom. The minimum atomic E-state index is -0.506. The Labute approximate surface area is 107 Å². The SMILES string of the molecule is CC1(C)CCN(c2cc(C(N)=O)c(N)cn2)CC1. The van der Waals surface area contributed by atoms with Gasteiger partial charge in [0.2, 0.25) is 0 Å². The average Bonchev–Trinajstić information content (AvgIpc) is 2.30. The van der Waals surface area contributed by atoms with Gasteiger partial charge in [-0.3, -0.25) is 4.79 Å². The Morgan fingerprint density at radius 1 is 1.39 bits per heavy atom. The van der Waals surface area contributed by atoms with Crippen molar-refractivity contribution in [3.8, 4) is 0 Å². The van der Waals surface area contributed by atoms with Gasteiger partial charge in [-0.25, -0.2) is 4.98 Å². The molecule has 1 aliphatic heterocycles. The Morgan fingerprint density at radius 2 is 2.00 bits per heavy atom. The third kappa shape index (κ3) is 2.55. The first-order valence-electron chi connectivity index (χ1n) is 6.19. The number of nitrogens with zero attached hydrogens (tertiary/aromatic N) is 2. The van der Waals surface area contributed by atoms with Gasteiger partial charge < -0.3 is 16.4 Å². The van der Waals surface area contributed by atoms with E-state index < -0.39 is 5.91 Å². The molecule has 0 spiro atoms. The van der Waals surface area contributed by atoms with Crippen molar-refractivity contribution in [2.75, 3.05) is 23.7 Å². The number of hydrogen-bond acceptors (Lipinski definition) is 4. The molecular formula is C13H20N4O. The van der Waals surface area contributed by atoms with E-state index in [1.54, 1.807) is 6.07 Å². The number of nitrogens with two attached hydrogens (primary N) is 2. The molecule has 0 bridgehead atoms. The highest BCUT2D eigenvalue weighted by Gasteiger charge is 2.26. The number of carbonyl (C=O) groups is 1. The highest BCUT2D eigenvalue weighted by molar-refractivity contribution is 5.98. The summed E-state index contributed by atoms with van der Waals surface area (Å²) in [7, 11) is 0. The van der Waals surface area contributed by atoms with Crippen LogP contribution in [-0.4, -0.2) is 24.0 Å². The van der Waals surface area contributed by atoms with Crippen LogP contribution in [0, 0.1) is 5.41 Å². The zero-order chi connectivity index (χ0) is 13.3. The van der Waals surface area contributed by atoms with Crippen LogP contribution in [0.2, 0.25) is 0 Å². The molecule has 1 aromatic rings. The number of pyridine rings is 1. The van der Waals surface area contributed by atoms with Crippen LogP contribution in [0.1, 0.15) is 37.0 Å². The minimum absolute atomic E-state index is 0.337. The number of anilines is 2. The van der Waals surface area contributed by atoms with E-state index in [4.69, 9.17) is 11.5 Å². The molecule has 1 saturated heterocycles. The smallest absolute Gasteiger partial charge is 0.250 e. The molecule has 5 heteroatoms. The summed E-state index contributed by atoms with van der Waals surface area (Å²) in [5, 5.41) is 0. The van der Waals surface area contributed by atoms with Gasteiger partial charge in [0, 0.05) is 13.1 Å². The maximum Gasteiger partial charge on any atom is 0.250 e. The minimum Gasteiger partial charge on any atom is -0.397 e. The zero-order valence-corrected chi connectivity index (χ0v) is 10.9. The van der Waals surface area contributed by atoms with Gasteiger partial charge in [-0.2, -0.15) is 0 Å². The molecule has 2 heterocycles. The van der Waals surface area contributed by atoms with Crippen LogP contribution in [0.25, 0.3) is 0 Å². The van der Waals surface area contributed by atoms with Crippen LogP contribution in [0.5, 0.6) is 0 Å². The van der Waals surface area contributed by atoms with E-state index in [0.717, 1.165) is 31.7 Å². The van der Waals surface area contributed by atoms with Gasteiger partial charge in [0.1, 0.15) is 5.82 Å². The number of amides is 1. The van der Waals surface area contributed by atoms with E-state index in [-0.39, 0.29) is 0 Å². The fourth-order valence-corrected chi connectivity index (χ4v) is 2.18. The topological polar surface area (TPSA) is 85.2 Å². The third-order valence-electron chi connectivity index (χ3n) is 3.63. The second kappa shape index (κ2) is 4.48. The van der Waals surface area contributed by atoms with Gasteiger partial charge in [0.05, 0.1) is 17.4 Å². The lowest BCUT2D eigenvalue weighted by Gasteiger charge is -2.37. The number of piperidine rings is 1. The number of hydrogen-bond donors (Lipinski definition) is 2. The summed E-state index contributed by atoms with van der Waals surface area (Å²) in [6.45, 7) is 6.44. The summed E-state index contributed by atoms with van der Waals surface area (Å²) in [5.41, 5.74) is 12.0. The first-order chi connectivity index (χ1) is 8.39. The first kappa shape index (κ1) is 12.7. The largest absolute Gasteiger partial charge is 0.397 e. The normalized spacial score (nSPS) is 18.7. The van der Waals surface area contributed by atoms with Crippen LogP contribution < -0.4 is 16.4 Å². The van der Waals surface area contributed by atoms with E-state index >= 15 is 0 Å². The second-order valence-electron chi connectivity index (χ2n) is 5.65. The number of carbonyl (C=O) groups excluding carboxylic acids is 1. The molecule has 0 saturated carbocycles. The van der Waals surface area contributed by atoms with Crippen LogP contribution in [-0.2, 0) is 0 Å². The molecule has 2 rings (SSSR count). The van der Waals surface area contributed by atoms with Crippen molar-refractivity contribution in [3.63, 3.8) is 0 Å². The summed E-state index contributed by atoms with van der Waals surface area (Å²) in [6, 6.07) is 1.69. The molecule has 1 fully saturated rings. The fraction of sp³-hybridized carbons (Fsp3) is 0.538. The molecule has 5 nitrogen and oxygen atoms in total. The predicted octanol–water partition coefficient (Wildman–Crippen LogP) is 1.39. The summed E-state index contributed by atoms with van der Waals surface area (Å²) in [4.78, 5) is 17.7. The molecule has 0 aromatic carbocycles. The third-order valence-corrected chi connectivity index (χ3v) is 3.63. The molecule has 1 aliphatic rings. The van der Waals surface area contributed by atoms with Crippen LogP contribution in [0.15, 0.2) is 12.3 Å². The first-order valence-corrected chi connectivity index (χ1v) is 6.19. The molecule has 0 unspecified atom stereocenters. The molecule has 4 N–H and O–H groups in total. The Balaban J connectivity index is 2.20. The maximum atomic E-state index is 11.3. The second-order valence-corrected chi connectivity index (χ2v) is 5.65. The Bertz CT molecular complexity index is 460. The molecule has 1 aromatic heterocycles. The van der Waals surface area contributed by atoms with E-state index in [2.05, 4.69) is 23.7 Å². The molecule has 0 aliphatic carbocycles. The van der Waals surface area contributed by atoms with Crippen molar-refractivity contribution in [1.82, 2.24) is 4.98 Å². The Kier molecular flexibility index (Phi) is 3.15. The van der Waals surface area contributed by atoms with Gasteiger partial charge in [0.15, 0.2) is 0 Å². The van der Waals surface area contributed by atoms with Crippen LogP contribution >= 0.6 is 0 Å². The summed E-state index contributed by atoms with van der Waals surface area (Å²) < 4.78 is 0. The fourth-order valence-electron chi connectivity index (χ4n) is 2.18. The van der Waals surface area contributed by atoms with E-state index in [0.29, 0.717) is 16.7 Å². The summed E-state index contributed by atoms with van der Waals surface area (Å²) in [6.07, 6.45) is 3.74. The van der Waals surface area contributed by atoms with Crippen molar-refractivity contribution in [3.05, 3.63) is 17.8 Å². The summed E-state index contributed by atoms with van der Waals surface area (Å²) in [5.74, 6) is 0.280. The van der Waals surface area contributed by atoms with Crippen molar-refractivity contribution in [1.29, 1.82) is 0 Å². The monoisotopic (exact) mass is 248 g/mol. The van der Waals surface area contributed by atoms with Crippen molar-refractivity contribution in [2.24, 2.45) is 11.1 Å². The lowest BCUT2D eigenvalue weighted by molar-refractivity contribution is 0.100. The molecular weight excluding hydrogens is 228 g/mol. The van der Waals surface area contributed by atoms with Gasteiger partial charge in [0.25, 0.3) is 5.91 Å². The van der Waals surface area contributed by atoms with Crippen molar-refractivity contribution < 1.29 is 4.79 Å². The average molecular weight is 248 g/mol. The highest BCUT2D eigenvalue weighted by atomic mass is 16.1. The van der Waals surface area contributed by atoms with Gasteiger partial charge in [-0.1, -0.05) is 13.8 Å². The van der Waals surface area contributed by atoms with E-state index in [9.17, 15) is 4.79 Å². The molecule has 0 radical (unpaired) electrons. The molecule has 18 heavy (non-hydrogen) atoms. The maximum absolute atomic E-state index is 11.3. The number of nitrogen functional groups attached to an aromatic ring is 1. The quantitative estimate of drug-likeness (QED) is 0.828. The van der Waals surface area contributed by atoms with Gasteiger partial charge >= 0.3 is 0 Å². The lowest BCUT2D eigenvalue weighted by Crippen LogP contribution is -2.37. The van der Waals surface area contributed by atoms with Crippen LogP contribution in [0.4, 0.5) is 11.5 Å². The van der Waals surface area contributed by atoms with Gasteiger partial charge in [-0.05, 0) is 24.3 Å². The zero-order valence-electron chi connectivity index (χ0n) is 10.9. The molecule has 1 amide bonds. The Hall–Kier alpha value is -1.78. The standard InChI is InChI=1S/C13H20N4O/c1-13(2)3-5-17(6-4-13)11-7-9(12(15)18)10(14)8-16-11/h7-8H,3-6,14H2,1-2H3,(H2,15,18). The molecule has 0 atom stereocenters. The number of rotatable bonds is 2. The molecule has 98 valence electrons. The predicted molar refractivity (Wildman–Crippen MR) is 72.4 cm³/mol. The van der Waals surface area contributed by atoms with Crippen LogP contribution in [0.3, 0.4) is 0 Å². The van der Waals surface area contributed by atoms with Crippen molar-refractivity contribution in [2.45, 2.75) is 26.7 Å².